The number of aromatic nitrogens is 3. The number of pyridine rings is 1. The van der Waals surface area contributed by atoms with E-state index in [0.717, 1.165) is 44.5 Å². The van der Waals surface area contributed by atoms with Gasteiger partial charge in [-0.25, -0.2) is 9.78 Å². The summed E-state index contributed by atoms with van der Waals surface area (Å²) < 4.78 is 1.50. The van der Waals surface area contributed by atoms with E-state index >= 15 is 0 Å². The molecule has 1 aliphatic heterocycles. The van der Waals surface area contributed by atoms with Crippen molar-refractivity contribution >= 4 is 39.9 Å². The molecule has 2 fully saturated rings. The highest BCUT2D eigenvalue weighted by atomic mass is 35.5. The summed E-state index contributed by atoms with van der Waals surface area (Å²) in [5.41, 5.74) is 1.07. The Morgan fingerprint density at radius 1 is 1.17 bits per heavy atom. The molecule has 0 spiro atoms. The highest BCUT2D eigenvalue weighted by Crippen LogP contribution is 2.35. The first-order chi connectivity index (χ1) is 14.5. The number of carbonyl (C=O) groups excluding carboxylic acids is 1. The maximum atomic E-state index is 13.0. The van der Waals surface area contributed by atoms with E-state index in [1.807, 2.05) is 6.07 Å². The van der Waals surface area contributed by atoms with E-state index in [0.29, 0.717) is 16.4 Å². The fourth-order valence-corrected chi connectivity index (χ4v) is 4.14. The zero-order valence-corrected chi connectivity index (χ0v) is 16.9. The predicted octanol–water partition coefficient (Wildman–Crippen LogP) is 2.93. The van der Waals surface area contributed by atoms with Crippen molar-refractivity contribution in [3.8, 4) is 0 Å². The number of aromatic amines is 1. The molecule has 3 aromatic rings. The van der Waals surface area contributed by atoms with Crippen LogP contribution < -0.4 is 21.5 Å². The maximum Gasteiger partial charge on any atom is 0.330 e. The van der Waals surface area contributed by atoms with Crippen LogP contribution in [0.3, 0.4) is 0 Å². The van der Waals surface area contributed by atoms with Crippen LogP contribution in [-0.4, -0.2) is 33.5 Å². The number of rotatable bonds is 4. The second-order valence-electron chi connectivity index (χ2n) is 7.77. The fourth-order valence-electron chi connectivity index (χ4n) is 3.97. The quantitative estimate of drug-likeness (QED) is 0.669. The molecule has 0 unspecified atom stereocenters. The predicted molar refractivity (Wildman–Crippen MR) is 116 cm³/mol. The molecule has 1 saturated heterocycles. The summed E-state index contributed by atoms with van der Waals surface area (Å²) in [4.78, 5) is 46.3. The van der Waals surface area contributed by atoms with Gasteiger partial charge in [0.25, 0.3) is 11.5 Å². The molecule has 0 atom stereocenters. The van der Waals surface area contributed by atoms with Crippen LogP contribution in [0.1, 0.15) is 42.1 Å². The molecule has 1 aromatic carbocycles. The van der Waals surface area contributed by atoms with E-state index < -0.39 is 17.2 Å². The summed E-state index contributed by atoms with van der Waals surface area (Å²) >= 11 is 6.16. The molecule has 1 amide bonds. The van der Waals surface area contributed by atoms with Crippen LogP contribution in [0.15, 0.2) is 40.1 Å². The highest BCUT2D eigenvalue weighted by Gasteiger charge is 2.28. The molecule has 9 heteroatoms. The summed E-state index contributed by atoms with van der Waals surface area (Å²) in [5, 5.41) is 3.65. The molecule has 2 aliphatic rings. The minimum atomic E-state index is -0.547. The van der Waals surface area contributed by atoms with Crippen LogP contribution in [0.5, 0.6) is 0 Å². The highest BCUT2D eigenvalue weighted by molar-refractivity contribution is 6.31. The molecule has 0 radical (unpaired) electrons. The van der Waals surface area contributed by atoms with Crippen LogP contribution in [-0.2, 0) is 0 Å². The van der Waals surface area contributed by atoms with Gasteiger partial charge in [-0.05, 0) is 49.9 Å². The number of carbonyl (C=O) groups is 1. The summed E-state index contributed by atoms with van der Waals surface area (Å²) in [5.74, 6) is -0.393. The minimum Gasteiger partial charge on any atom is -0.370 e. The summed E-state index contributed by atoms with van der Waals surface area (Å²) in [7, 11) is 0. The Hall–Kier alpha value is -3.13. The molecule has 1 aliphatic carbocycles. The summed E-state index contributed by atoms with van der Waals surface area (Å²) in [6.45, 7) is 1.85. The van der Waals surface area contributed by atoms with Crippen molar-refractivity contribution in [2.45, 2.75) is 31.7 Å². The standard InChI is InChI=1S/C21H20ClN5O3/c22-13-3-6-17(26-7-1-2-8-26)16(10-13)24-19(28)12-9-15-18(23-11-12)27(14-4-5-14)21(30)25-20(15)29/h3,6,9-11,14H,1-2,4-5,7-8H2,(H,24,28)(H,25,29,30). The van der Waals surface area contributed by atoms with Crippen molar-refractivity contribution in [3.05, 3.63) is 61.9 Å². The number of H-pyrrole nitrogens is 1. The minimum absolute atomic E-state index is 0.0542. The second kappa shape index (κ2) is 7.28. The first-order valence-electron chi connectivity index (χ1n) is 10.0. The number of hydrogen-bond acceptors (Lipinski definition) is 5. The van der Waals surface area contributed by atoms with E-state index in [2.05, 4.69) is 20.2 Å². The van der Waals surface area contributed by atoms with E-state index in [4.69, 9.17) is 11.6 Å². The number of benzene rings is 1. The Kier molecular flexibility index (Phi) is 4.58. The van der Waals surface area contributed by atoms with Crippen LogP contribution >= 0.6 is 11.6 Å². The van der Waals surface area contributed by atoms with Gasteiger partial charge in [0.05, 0.1) is 22.3 Å². The lowest BCUT2D eigenvalue weighted by atomic mass is 10.2. The van der Waals surface area contributed by atoms with Gasteiger partial charge in [-0.3, -0.25) is 19.1 Å². The van der Waals surface area contributed by atoms with Gasteiger partial charge in [0.1, 0.15) is 5.65 Å². The number of nitrogens with zero attached hydrogens (tertiary/aromatic N) is 3. The zero-order valence-electron chi connectivity index (χ0n) is 16.2. The average molecular weight is 426 g/mol. The first kappa shape index (κ1) is 18.9. The lowest BCUT2D eigenvalue weighted by molar-refractivity contribution is 0.102. The molecule has 3 heterocycles. The van der Waals surface area contributed by atoms with Gasteiger partial charge in [-0.15, -0.1) is 0 Å². The largest absolute Gasteiger partial charge is 0.370 e. The monoisotopic (exact) mass is 425 g/mol. The van der Waals surface area contributed by atoms with E-state index in [9.17, 15) is 14.4 Å². The molecule has 0 bridgehead atoms. The SMILES string of the molecule is O=C(Nc1cc(Cl)ccc1N1CCCC1)c1cnc2c(c1)c(=O)[nH]c(=O)n2C1CC1. The summed E-state index contributed by atoms with van der Waals surface area (Å²) in [6.07, 6.45) is 5.36. The number of nitrogens with one attached hydrogen (secondary N) is 2. The van der Waals surface area contributed by atoms with Gasteiger partial charge >= 0.3 is 5.69 Å². The van der Waals surface area contributed by atoms with Crippen molar-refractivity contribution in [2.24, 2.45) is 0 Å². The summed E-state index contributed by atoms with van der Waals surface area (Å²) in [6, 6.07) is 6.97. The van der Waals surface area contributed by atoms with Crippen molar-refractivity contribution in [3.63, 3.8) is 0 Å². The van der Waals surface area contributed by atoms with Gasteiger partial charge < -0.3 is 10.2 Å². The molecule has 8 nitrogen and oxygen atoms in total. The lowest BCUT2D eigenvalue weighted by Crippen LogP contribution is -2.30. The Labute approximate surface area is 176 Å². The molecular formula is C21H20ClN5O3. The molecular weight excluding hydrogens is 406 g/mol. The maximum absolute atomic E-state index is 13.0. The van der Waals surface area contributed by atoms with Crippen LogP contribution in [0.25, 0.3) is 11.0 Å². The van der Waals surface area contributed by atoms with Crippen molar-refractivity contribution in [1.82, 2.24) is 14.5 Å². The molecule has 5 rings (SSSR count). The third-order valence-corrected chi connectivity index (χ3v) is 5.84. The van der Waals surface area contributed by atoms with Gasteiger partial charge in [0.15, 0.2) is 0 Å². The third kappa shape index (κ3) is 3.37. The van der Waals surface area contributed by atoms with Gasteiger partial charge in [0, 0.05) is 30.4 Å². The van der Waals surface area contributed by atoms with Gasteiger partial charge in [0.2, 0.25) is 0 Å². The Morgan fingerprint density at radius 3 is 2.67 bits per heavy atom. The first-order valence-corrected chi connectivity index (χ1v) is 10.4. The third-order valence-electron chi connectivity index (χ3n) is 5.61. The van der Waals surface area contributed by atoms with Gasteiger partial charge in [-0.1, -0.05) is 11.6 Å². The molecule has 30 heavy (non-hydrogen) atoms. The molecule has 2 N–H and O–H groups in total. The van der Waals surface area contributed by atoms with Crippen LogP contribution in [0, 0.1) is 0 Å². The van der Waals surface area contributed by atoms with Crippen LogP contribution in [0.4, 0.5) is 11.4 Å². The van der Waals surface area contributed by atoms with E-state index in [1.165, 1.54) is 16.8 Å². The van der Waals surface area contributed by atoms with Crippen molar-refractivity contribution in [2.75, 3.05) is 23.3 Å². The van der Waals surface area contributed by atoms with Crippen LogP contribution in [0.2, 0.25) is 5.02 Å². The van der Waals surface area contributed by atoms with Gasteiger partial charge in [-0.2, -0.15) is 0 Å². The Balaban J connectivity index is 1.51. The topological polar surface area (TPSA) is 100 Å². The number of anilines is 2. The number of hydrogen-bond donors (Lipinski definition) is 2. The smallest absolute Gasteiger partial charge is 0.330 e. The Morgan fingerprint density at radius 2 is 1.93 bits per heavy atom. The van der Waals surface area contributed by atoms with Crippen molar-refractivity contribution < 1.29 is 4.79 Å². The molecule has 1 saturated carbocycles. The van der Waals surface area contributed by atoms with Crippen molar-refractivity contribution in [1.29, 1.82) is 0 Å². The van der Waals surface area contributed by atoms with E-state index in [-0.39, 0.29) is 17.0 Å². The van der Waals surface area contributed by atoms with E-state index in [1.54, 1.807) is 12.1 Å². The number of amides is 1. The number of fused-ring (bicyclic) bond motifs is 1. The Bertz CT molecular complexity index is 1270. The average Bonchev–Trinajstić information content (AvgIpc) is 3.40. The molecule has 154 valence electrons. The fraction of sp³-hybridized carbons (Fsp3) is 0.333. The molecule has 2 aromatic heterocycles. The number of halogens is 1. The zero-order chi connectivity index (χ0) is 20.8. The normalized spacial score (nSPS) is 16.2. The lowest BCUT2D eigenvalue weighted by Gasteiger charge is -2.22. The second-order valence-corrected chi connectivity index (χ2v) is 8.20.